The van der Waals surface area contributed by atoms with Crippen molar-refractivity contribution in [2.24, 2.45) is 5.92 Å². The predicted octanol–water partition coefficient (Wildman–Crippen LogP) is 2.86. The minimum atomic E-state index is 0.0286. The Balaban J connectivity index is 1.33. The molecular weight excluding hydrogens is 316 g/mol. The number of rotatable bonds is 4. The lowest BCUT2D eigenvalue weighted by Gasteiger charge is -2.40. The molecular formula is C18H22N6O. The number of hydrogen-bond acceptors (Lipinski definition) is 7. The van der Waals surface area contributed by atoms with Gasteiger partial charge in [-0.2, -0.15) is 10.2 Å². The molecule has 4 rings (SSSR count). The zero-order valence-electron chi connectivity index (χ0n) is 14.7. The van der Waals surface area contributed by atoms with E-state index < -0.39 is 0 Å². The van der Waals surface area contributed by atoms with E-state index >= 15 is 0 Å². The summed E-state index contributed by atoms with van der Waals surface area (Å²) in [5.74, 6) is 2.18. The third-order valence-corrected chi connectivity index (χ3v) is 4.52. The fourth-order valence-electron chi connectivity index (χ4n) is 2.94. The van der Waals surface area contributed by atoms with E-state index in [0.29, 0.717) is 11.7 Å². The minimum Gasteiger partial charge on any atom is -0.460 e. The van der Waals surface area contributed by atoms with Gasteiger partial charge in [0.15, 0.2) is 17.2 Å². The number of hydrogen-bond donors (Lipinski definition) is 1. The molecule has 0 atom stereocenters. The molecule has 1 fully saturated rings. The van der Waals surface area contributed by atoms with Crippen LogP contribution in [0.25, 0.3) is 11.0 Å². The van der Waals surface area contributed by atoms with Crippen molar-refractivity contribution in [3.8, 4) is 0 Å². The van der Waals surface area contributed by atoms with Crippen LogP contribution in [-0.4, -0.2) is 40.0 Å². The topological polar surface area (TPSA) is 80.0 Å². The second kappa shape index (κ2) is 5.98. The maximum Gasteiger partial charge on any atom is 0.192 e. The van der Waals surface area contributed by atoms with Gasteiger partial charge in [-0.3, -0.25) is 0 Å². The first-order valence-electron chi connectivity index (χ1n) is 8.52. The van der Waals surface area contributed by atoms with E-state index in [0.717, 1.165) is 42.1 Å². The van der Waals surface area contributed by atoms with E-state index in [4.69, 9.17) is 4.42 Å². The zero-order valence-corrected chi connectivity index (χ0v) is 14.7. The van der Waals surface area contributed by atoms with Crippen molar-refractivity contribution in [1.82, 2.24) is 20.4 Å². The van der Waals surface area contributed by atoms with Crippen molar-refractivity contribution in [3.05, 3.63) is 36.4 Å². The van der Waals surface area contributed by atoms with E-state index in [9.17, 15) is 0 Å². The largest absolute Gasteiger partial charge is 0.460 e. The summed E-state index contributed by atoms with van der Waals surface area (Å²) in [7, 11) is 0. The Morgan fingerprint density at radius 3 is 2.72 bits per heavy atom. The van der Waals surface area contributed by atoms with Crippen molar-refractivity contribution in [1.29, 1.82) is 0 Å². The second-order valence-electron chi connectivity index (χ2n) is 7.58. The zero-order chi connectivity index (χ0) is 17.4. The van der Waals surface area contributed by atoms with Gasteiger partial charge in [0.1, 0.15) is 0 Å². The third kappa shape index (κ3) is 3.14. The van der Waals surface area contributed by atoms with Gasteiger partial charge < -0.3 is 14.6 Å². The lowest BCUT2D eigenvalue weighted by atomic mass is 9.92. The molecule has 4 heterocycles. The number of aromatic nitrogens is 4. The van der Waals surface area contributed by atoms with Crippen LogP contribution in [-0.2, 0) is 5.41 Å². The second-order valence-corrected chi connectivity index (χ2v) is 7.58. The molecule has 130 valence electrons. The predicted molar refractivity (Wildman–Crippen MR) is 96.7 cm³/mol. The lowest BCUT2D eigenvalue weighted by Crippen LogP contribution is -2.50. The molecule has 25 heavy (non-hydrogen) atoms. The van der Waals surface area contributed by atoms with Gasteiger partial charge in [0.25, 0.3) is 0 Å². The van der Waals surface area contributed by atoms with E-state index in [1.54, 1.807) is 12.5 Å². The maximum atomic E-state index is 5.47. The molecule has 0 unspecified atom stereocenters. The molecule has 0 bridgehead atoms. The van der Waals surface area contributed by atoms with Crippen LogP contribution in [0.3, 0.4) is 0 Å². The molecule has 1 saturated heterocycles. The molecule has 3 aromatic rings. The Hall–Kier alpha value is -2.70. The summed E-state index contributed by atoms with van der Waals surface area (Å²) in [6, 6.07) is 6.02. The number of nitrogens with zero attached hydrogens (tertiary/aromatic N) is 5. The highest BCUT2D eigenvalue weighted by atomic mass is 16.3. The summed E-state index contributed by atoms with van der Waals surface area (Å²) >= 11 is 0. The van der Waals surface area contributed by atoms with Gasteiger partial charge in [-0.15, -0.1) is 10.2 Å². The first kappa shape index (κ1) is 15.8. The average molecular weight is 338 g/mol. The van der Waals surface area contributed by atoms with Gasteiger partial charge in [-0.25, -0.2) is 0 Å². The molecule has 7 heteroatoms. The van der Waals surface area contributed by atoms with Crippen molar-refractivity contribution in [2.45, 2.75) is 26.2 Å². The first-order chi connectivity index (χ1) is 12.0. The Labute approximate surface area is 146 Å². The van der Waals surface area contributed by atoms with Gasteiger partial charge in [0.05, 0.1) is 18.2 Å². The van der Waals surface area contributed by atoms with E-state index in [1.807, 2.05) is 6.07 Å². The van der Waals surface area contributed by atoms with Gasteiger partial charge in [0, 0.05) is 36.4 Å². The normalized spacial score (nSPS) is 15.4. The van der Waals surface area contributed by atoms with Gasteiger partial charge in [-0.05, 0) is 18.2 Å². The summed E-state index contributed by atoms with van der Waals surface area (Å²) in [5, 5.41) is 21.2. The quantitative estimate of drug-likeness (QED) is 0.783. The van der Waals surface area contributed by atoms with Crippen LogP contribution >= 0.6 is 0 Å². The van der Waals surface area contributed by atoms with Crippen LogP contribution in [0.4, 0.5) is 11.6 Å². The van der Waals surface area contributed by atoms with Crippen LogP contribution in [0, 0.1) is 5.92 Å². The molecule has 1 aliphatic heterocycles. The van der Waals surface area contributed by atoms with E-state index in [-0.39, 0.29) is 5.41 Å². The van der Waals surface area contributed by atoms with Gasteiger partial charge in [-0.1, -0.05) is 20.8 Å². The first-order valence-corrected chi connectivity index (χ1v) is 8.52. The summed E-state index contributed by atoms with van der Waals surface area (Å²) in [6.45, 7) is 9.17. The highest BCUT2D eigenvalue weighted by Crippen LogP contribution is 2.26. The number of nitrogens with one attached hydrogen (secondary N) is 1. The standard InChI is InChI=1S/C18H22N6O/c1-18(2,3)14-4-5-15(22-21-14)24-10-12(11-24)8-19-17-16-13(6-7-25-16)9-20-23-17/h4-7,9,12H,8,10-11H2,1-3H3,(H,19,23). The molecule has 0 radical (unpaired) electrons. The molecule has 1 aliphatic rings. The molecule has 7 nitrogen and oxygen atoms in total. The molecule has 0 spiro atoms. The van der Waals surface area contributed by atoms with Crippen molar-refractivity contribution in [2.75, 3.05) is 29.9 Å². The Morgan fingerprint density at radius 2 is 2.00 bits per heavy atom. The molecule has 0 aromatic carbocycles. The summed E-state index contributed by atoms with van der Waals surface area (Å²) < 4.78 is 5.47. The monoisotopic (exact) mass is 338 g/mol. The number of fused-ring (bicyclic) bond motifs is 1. The maximum absolute atomic E-state index is 5.47. The van der Waals surface area contributed by atoms with Crippen LogP contribution < -0.4 is 10.2 Å². The number of furan rings is 1. The van der Waals surface area contributed by atoms with Crippen molar-refractivity contribution < 1.29 is 4.42 Å². The van der Waals surface area contributed by atoms with Crippen LogP contribution in [0.1, 0.15) is 26.5 Å². The SMILES string of the molecule is CC(C)(C)c1ccc(N2CC(CNc3nncc4ccoc34)C2)nn1. The summed E-state index contributed by atoms with van der Waals surface area (Å²) in [6.07, 6.45) is 3.36. The van der Waals surface area contributed by atoms with Crippen LogP contribution in [0.15, 0.2) is 35.1 Å². The highest BCUT2D eigenvalue weighted by Gasteiger charge is 2.28. The Bertz CT molecular complexity index is 861. The molecule has 0 amide bonds. The van der Waals surface area contributed by atoms with Crippen molar-refractivity contribution >= 4 is 22.6 Å². The lowest BCUT2D eigenvalue weighted by molar-refractivity contribution is 0.424. The van der Waals surface area contributed by atoms with Gasteiger partial charge >= 0.3 is 0 Å². The van der Waals surface area contributed by atoms with Crippen molar-refractivity contribution in [3.63, 3.8) is 0 Å². The van der Waals surface area contributed by atoms with Crippen LogP contribution in [0.5, 0.6) is 0 Å². The van der Waals surface area contributed by atoms with E-state index in [1.165, 1.54) is 0 Å². The Morgan fingerprint density at radius 1 is 1.16 bits per heavy atom. The van der Waals surface area contributed by atoms with Crippen LogP contribution in [0.2, 0.25) is 0 Å². The Kier molecular flexibility index (Phi) is 3.78. The summed E-state index contributed by atoms with van der Waals surface area (Å²) in [5.41, 5.74) is 1.80. The minimum absolute atomic E-state index is 0.0286. The smallest absolute Gasteiger partial charge is 0.192 e. The molecule has 0 aliphatic carbocycles. The fourth-order valence-corrected chi connectivity index (χ4v) is 2.94. The molecule has 3 aromatic heterocycles. The molecule has 0 saturated carbocycles. The van der Waals surface area contributed by atoms with Gasteiger partial charge in [0.2, 0.25) is 0 Å². The third-order valence-electron chi connectivity index (χ3n) is 4.52. The number of anilines is 2. The van der Waals surface area contributed by atoms with E-state index in [2.05, 4.69) is 63.5 Å². The average Bonchev–Trinajstić information content (AvgIpc) is 3.02. The molecule has 1 N–H and O–H groups in total. The fraction of sp³-hybridized carbons (Fsp3) is 0.444. The summed E-state index contributed by atoms with van der Waals surface area (Å²) in [4.78, 5) is 2.24. The highest BCUT2D eigenvalue weighted by molar-refractivity contribution is 5.85.